The monoisotopic (exact) mass is 605 g/mol. The molecule has 0 saturated heterocycles. The number of aryl methyl sites for hydroxylation is 1. The normalized spacial score (nSPS) is 12.3. The molecule has 4 aromatic rings. The average molecular weight is 606 g/mol. The van der Waals surface area contributed by atoms with Crippen molar-refractivity contribution in [1.29, 1.82) is 0 Å². The van der Waals surface area contributed by atoms with Crippen LogP contribution in [0.25, 0.3) is 17.3 Å². The lowest BCUT2D eigenvalue weighted by Crippen LogP contribution is -2.51. The molecule has 4 rings (SSSR count). The number of likely N-dealkylation sites (N-methyl/N-ethyl adjacent to an activating group) is 1. The number of methoxy groups -OCH3 is 1. The predicted octanol–water partition coefficient (Wildman–Crippen LogP) is 5.26. The first-order valence-electron chi connectivity index (χ1n) is 13.9. The Bertz CT molecular complexity index is 1550. The molecule has 0 fully saturated rings. The summed E-state index contributed by atoms with van der Waals surface area (Å²) in [4.78, 5) is 35.0. The summed E-state index contributed by atoms with van der Waals surface area (Å²) in [5, 5.41) is 4.44. The van der Waals surface area contributed by atoms with Gasteiger partial charge < -0.3 is 14.5 Å². The lowest BCUT2D eigenvalue weighted by molar-refractivity contribution is -0.143. The zero-order valence-corrected chi connectivity index (χ0v) is 24.7. The third-order valence-corrected chi connectivity index (χ3v) is 7.05. The third kappa shape index (κ3) is 8.63. The van der Waals surface area contributed by atoms with Gasteiger partial charge in [0.05, 0.1) is 23.6 Å². The van der Waals surface area contributed by atoms with Crippen molar-refractivity contribution in [2.45, 2.75) is 25.2 Å². The molecule has 2 amide bonds. The van der Waals surface area contributed by atoms with Crippen LogP contribution in [0.3, 0.4) is 0 Å². The zero-order chi connectivity index (χ0) is 31.7. The summed E-state index contributed by atoms with van der Waals surface area (Å²) in [5.74, 6) is -0.776. The summed E-state index contributed by atoms with van der Waals surface area (Å²) in [6, 6.07) is 18.6. The summed E-state index contributed by atoms with van der Waals surface area (Å²) in [6.45, 7) is 0.728. The van der Waals surface area contributed by atoms with Gasteiger partial charge in [-0.05, 0) is 47.5 Å². The number of ether oxygens (including phenoxy) is 1. The van der Waals surface area contributed by atoms with Crippen molar-refractivity contribution in [2.24, 2.45) is 7.05 Å². The summed E-state index contributed by atoms with van der Waals surface area (Å²) in [7, 11) is 4.96. The number of nitrogens with zero attached hydrogens (tertiary/aromatic N) is 5. The zero-order valence-electron chi connectivity index (χ0n) is 24.7. The molecule has 11 heteroatoms. The lowest BCUT2D eigenvalue weighted by Gasteiger charge is -2.33. The van der Waals surface area contributed by atoms with E-state index < -0.39 is 23.7 Å². The number of hydrogen-bond donors (Lipinski definition) is 0. The second kappa shape index (κ2) is 14.6. The van der Waals surface area contributed by atoms with Crippen LogP contribution in [0.15, 0.2) is 91.3 Å². The highest BCUT2D eigenvalue weighted by Gasteiger charge is 2.32. The van der Waals surface area contributed by atoms with Gasteiger partial charge in [0.15, 0.2) is 0 Å². The number of carbonyl (C=O) groups excluding carboxylic acids is 2. The smallest absolute Gasteiger partial charge is 0.383 e. The van der Waals surface area contributed by atoms with Gasteiger partial charge in [0.2, 0.25) is 11.8 Å². The molecule has 1 unspecified atom stereocenters. The standard InChI is InChI=1S/C33H34F3N5O3/c1-39(20-21-44-3)32(43)30(22-28-17-19-40(2)38-28)41(23-25-7-12-26(13-8-25)29-6-4-5-18-37-29)31(42)16-11-24-9-14-27(15-10-24)33(34,35)36/h4-19,30H,20-23H2,1-3H3/b16-11+. The molecule has 0 aliphatic carbocycles. The molecule has 0 N–H and O–H groups in total. The van der Waals surface area contributed by atoms with Crippen molar-refractivity contribution >= 4 is 17.9 Å². The van der Waals surface area contributed by atoms with E-state index in [1.165, 1.54) is 34.1 Å². The highest BCUT2D eigenvalue weighted by Crippen LogP contribution is 2.29. The van der Waals surface area contributed by atoms with Crippen LogP contribution in [0, 0.1) is 0 Å². The van der Waals surface area contributed by atoms with E-state index in [-0.39, 0.29) is 18.9 Å². The fourth-order valence-electron chi connectivity index (χ4n) is 4.59. The number of hydrogen-bond acceptors (Lipinski definition) is 5. The average Bonchev–Trinajstić information content (AvgIpc) is 3.44. The van der Waals surface area contributed by atoms with Gasteiger partial charge in [-0.25, -0.2) is 0 Å². The van der Waals surface area contributed by atoms with Gasteiger partial charge >= 0.3 is 6.18 Å². The number of amides is 2. The molecule has 0 aliphatic rings. The second-order valence-electron chi connectivity index (χ2n) is 10.3. The first-order valence-corrected chi connectivity index (χ1v) is 13.9. The molecule has 1 atom stereocenters. The van der Waals surface area contributed by atoms with E-state index in [0.717, 1.165) is 29.0 Å². The van der Waals surface area contributed by atoms with Crippen LogP contribution in [-0.2, 0) is 40.5 Å². The minimum absolute atomic E-state index is 0.0973. The first kappa shape index (κ1) is 32.2. The molecule has 2 heterocycles. The number of alkyl halides is 3. The topological polar surface area (TPSA) is 80.6 Å². The lowest BCUT2D eigenvalue weighted by atomic mass is 10.0. The Hall–Kier alpha value is -4.77. The van der Waals surface area contributed by atoms with Crippen LogP contribution in [0.4, 0.5) is 13.2 Å². The number of aromatic nitrogens is 3. The molecule has 44 heavy (non-hydrogen) atoms. The Morgan fingerprint density at radius 2 is 1.75 bits per heavy atom. The van der Waals surface area contributed by atoms with E-state index in [1.807, 2.05) is 42.5 Å². The van der Waals surface area contributed by atoms with Gasteiger partial charge in [-0.1, -0.05) is 42.5 Å². The summed E-state index contributed by atoms with van der Waals surface area (Å²) in [5.41, 5.74) is 2.73. The number of rotatable bonds is 12. The van der Waals surface area contributed by atoms with Crippen molar-refractivity contribution in [3.8, 4) is 11.3 Å². The maximum atomic E-state index is 13.8. The molecule has 2 aromatic heterocycles. The Labute approximate surface area is 254 Å². The number of carbonyl (C=O) groups is 2. The molecule has 0 spiro atoms. The summed E-state index contributed by atoms with van der Waals surface area (Å²) in [6.07, 6.45) is 1.88. The molecular weight excluding hydrogens is 571 g/mol. The predicted molar refractivity (Wildman–Crippen MR) is 161 cm³/mol. The summed E-state index contributed by atoms with van der Waals surface area (Å²) >= 11 is 0. The van der Waals surface area contributed by atoms with Crippen LogP contribution >= 0.6 is 0 Å². The maximum Gasteiger partial charge on any atom is 0.416 e. The molecule has 230 valence electrons. The Morgan fingerprint density at radius 1 is 1.02 bits per heavy atom. The Balaban J connectivity index is 1.67. The van der Waals surface area contributed by atoms with Crippen molar-refractivity contribution in [3.63, 3.8) is 0 Å². The minimum Gasteiger partial charge on any atom is -0.383 e. The van der Waals surface area contributed by atoms with Crippen molar-refractivity contribution < 1.29 is 27.5 Å². The van der Waals surface area contributed by atoms with Crippen LogP contribution in [-0.4, -0.2) is 69.7 Å². The first-order chi connectivity index (χ1) is 21.0. The van der Waals surface area contributed by atoms with E-state index >= 15 is 0 Å². The molecule has 0 aliphatic heterocycles. The van der Waals surface area contributed by atoms with Crippen LogP contribution in [0.5, 0.6) is 0 Å². The van der Waals surface area contributed by atoms with Crippen molar-refractivity contribution in [3.05, 3.63) is 114 Å². The number of pyridine rings is 1. The van der Waals surface area contributed by atoms with Gasteiger partial charge in [0, 0.05) is 64.7 Å². The molecule has 8 nitrogen and oxygen atoms in total. The maximum absolute atomic E-state index is 13.8. The van der Waals surface area contributed by atoms with Gasteiger partial charge in [0.25, 0.3) is 0 Å². The van der Waals surface area contributed by atoms with Gasteiger partial charge in [-0.2, -0.15) is 18.3 Å². The quantitative estimate of drug-likeness (QED) is 0.206. The number of benzene rings is 2. The van der Waals surface area contributed by atoms with E-state index in [2.05, 4.69) is 10.1 Å². The molecular formula is C33H34F3N5O3. The van der Waals surface area contributed by atoms with Gasteiger partial charge in [0.1, 0.15) is 6.04 Å². The van der Waals surface area contributed by atoms with Gasteiger partial charge in [-0.3, -0.25) is 19.3 Å². The Kier molecular flexibility index (Phi) is 10.7. The fourth-order valence-corrected chi connectivity index (χ4v) is 4.59. The van der Waals surface area contributed by atoms with Crippen LogP contribution in [0.1, 0.15) is 22.4 Å². The van der Waals surface area contributed by atoms with Gasteiger partial charge in [-0.15, -0.1) is 0 Å². The van der Waals surface area contributed by atoms with E-state index in [0.29, 0.717) is 24.4 Å². The van der Waals surface area contributed by atoms with Crippen LogP contribution in [0.2, 0.25) is 0 Å². The number of halogens is 3. The van der Waals surface area contributed by atoms with Crippen molar-refractivity contribution in [2.75, 3.05) is 27.3 Å². The SMILES string of the molecule is COCCN(C)C(=O)C(Cc1ccn(C)n1)N(Cc1ccc(-c2ccccn2)cc1)C(=O)/C=C/c1ccc(C(F)(F)F)cc1. The minimum atomic E-state index is -4.46. The van der Waals surface area contributed by atoms with Crippen LogP contribution < -0.4 is 0 Å². The van der Waals surface area contributed by atoms with E-state index in [1.54, 1.807) is 44.3 Å². The van der Waals surface area contributed by atoms with Crippen molar-refractivity contribution in [1.82, 2.24) is 24.6 Å². The fraction of sp³-hybridized carbons (Fsp3) is 0.273. The molecule has 0 radical (unpaired) electrons. The molecule has 0 bridgehead atoms. The second-order valence-corrected chi connectivity index (χ2v) is 10.3. The largest absolute Gasteiger partial charge is 0.416 e. The molecule has 0 saturated carbocycles. The Morgan fingerprint density at radius 3 is 2.34 bits per heavy atom. The summed E-state index contributed by atoms with van der Waals surface area (Å²) < 4.78 is 45.8. The third-order valence-electron chi connectivity index (χ3n) is 7.05. The highest BCUT2D eigenvalue weighted by molar-refractivity contribution is 5.95. The molecule has 2 aromatic carbocycles. The highest BCUT2D eigenvalue weighted by atomic mass is 19.4. The van der Waals surface area contributed by atoms with E-state index in [9.17, 15) is 22.8 Å². The van der Waals surface area contributed by atoms with E-state index in [4.69, 9.17) is 4.74 Å².